The first-order valence-electron chi connectivity index (χ1n) is 6.71. The van der Waals surface area contributed by atoms with E-state index in [1.807, 2.05) is 7.11 Å². The van der Waals surface area contributed by atoms with Crippen molar-refractivity contribution in [2.45, 2.75) is 31.7 Å². The standard InChI is InChI=1S/C13H26N2O/c1-14-6-8-15(9-7-14)13-4-3-12(11-13)5-10-16-2/h12-13H,3-11H2,1-2H3. The Kier molecular flexibility index (Phi) is 4.62. The third-order valence-corrected chi connectivity index (χ3v) is 4.30. The average Bonchev–Trinajstić information content (AvgIpc) is 2.76. The van der Waals surface area contributed by atoms with Crippen molar-refractivity contribution in [2.75, 3.05) is 46.9 Å². The minimum Gasteiger partial charge on any atom is -0.385 e. The van der Waals surface area contributed by atoms with Gasteiger partial charge >= 0.3 is 0 Å². The van der Waals surface area contributed by atoms with Crippen LogP contribution in [0.1, 0.15) is 25.7 Å². The highest BCUT2D eigenvalue weighted by atomic mass is 16.5. The van der Waals surface area contributed by atoms with Crippen LogP contribution in [0.5, 0.6) is 0 Å². The van der Waals surface area contributed by atoms with Crippen LogP contribution in [-0.4, -0.2) is 62.8 Å². The maximum Gasteiger partial charge on any atom is 0.0464 e. The molecule has 0 spiro atoms. The third-order valence-electron chi connectivity index (χ3n) is 4.30. The highest BCUT2D eigenvalue weighted by Crippen LogP contribution is 2.31. The molecule has 3 nitrogen and oxygen atoms in total. The Morgan fingerprint density at radius 2 is 1.88 bits per heavy atom. The Hall–Kier alpha value is -0.120. The minimum absolute atomic E-state index is 0.871. The van der Waals surface area contributed by atoms with E-state index in [2.05, 4.69) is 16.8 Å². The second-order valence-electron chi connectivity index (χ2n) is 5.45. The van der Waals surface area contributed by atoms with Gasteiger partial charge in [-0.2, -0.15) is 0 Å². The molecule has 1 aliphatic carbocycles. The third kappa shape index (κ3) is 3.19. The van der Waals surface area contributed by atoms with E-state index < -0.39 is 0 Å². The summed E-state index contributed by atoms with van der Waals surface area (Å²) in [4.78, 5) is 5.15. The van der Waals surface area contributed by atoms with Crippen molar-refractivity contribution in [3.8, 4) is 0 Å². The summed E-state index contributed by atoms with van der Waals surface area (Å²) in [6.45, 7) is 5.99. The molecule has 16 heavy (non-hydrogen) atoms. The van der Waals surface area contributed by atoms with Crippen molar-refractivity contribution in [2.24, 2.45) is 5.92 Å². The van der Waals surface area contributed by atoms with E-state index >= 15 is 0 Å². The Labute approximate surface area is 99.7 Å². The van der Waals surface area contributed by atoms with Crippen LogP contribution >= 0.6 is 0 Å². The molecule has 0 aromatic carbocycles. The summed E-state index contributed by atoms with van der Waals surface area (Å²) in [5.74, 6) is 0.921. The zero-order valence-corrected chi connectivity index (χ0v) is 10.8. The molecular weight excluding hydrogens is 200 g/mol. The molecular formula is C13H26N2O. The molecule has 3 heteroatoms. The molecule has 1 saturated heterocycles. The number of rotatable bonds is 4. The zero-order valence-electron chi connectivity index (χ0n) is 10.8. The number of nitrogens with zero attached hydrogens (tertiary/aromatic N) is 2. The first-order chi connectivity index (χ1) is 7.79. The molecule has 2 atom stereocenters. The molecule has 0 N–H and O–H groups in total. The predicted octanol–water partition coefficient (Wildman–Crippen LogP) is 1.44. The maximum absolute atomic E-state index is 5.18. The van der Waals surface area contributed by atoms with Crippen molar-refractivity contribution < 1.29 is 4.74 Å². The van der Waals surface area contributed by atoms with E-state index in [-0.39, 0.29) is 0 Å². The first-order valence-corrected chi connectivity index (χ1v) is 6.71. The van der Waals surface area contributed by atoms with Gasteiger partial charge in [-0.25, -0.2) is 0 Å². The van der Waals surface area contributed by atoms with Gasteiger partial charge in [-0.3, -0.25) is 4.90 Å². The lowest BCUT2D eigenvalue weighted by atomic mass is 10.0. The number of hydrogen-bond acceptors (Lipinski definition) is 3. The Morgan fingerprint density at radius 1 is 1.12 bits per heavy atom. The van der Waals surface area contributed by atoms with Gasteiger partial charge in [0.1, 0.15) is 0 Å². The quantitative estimate of drug-likeness (QED) is 0.721. The number of ether oxygens (including phenoxy) is 1. The Balaban J connectivity index is 1.71. The van der Waals surface area contributed by atoms with E-state index in [1.165, 1.54) is 51.9 Å². The summed E-state index contributed by atoms with van der Waals surface area (Å²) < 4.78 is 5.18. The fourth-order valence-electron chi connectivity index (χ4n) is 3.11. The topological polar surface area (TPSA) is 15.7 Å². The largest absolute Gasteiger partial charge is 0.385 e. The van der Waals surface area contributed by atoms with Crippen LogP contribution in [-0.2, 0) is 4.74 Å². The summed E-state index contributed by atoms with van der Waals surface area (Å²) in [7, 11) is 4.04. The molecule has 2 aliphatic rings. The van der Waals surface area contributed by atoms with Crippen molar-refractivity contribution >= 4 is 0 Å². The van der Waals surface area contributed by atoms with Crippen LogP contribution in [0.15, 0.2) is 0 Å². The van der Waals surface area contributed by atoms with Gasteiger partial charge in [0, 0.05) is 45.9 Å². The van der Waals surface area contributed by atoms with Crippen LogP contribution in [0.2, 0.25) is 0 Å². The molecule has 1 aliphatic heterocycles. The molecule has 0 aromatic rings. The van der Waals surface area contributed by atoms with E-state index in [0.717, 1.165) is 18.6 Å². The van der Waals surface area contributed by atoms with Crippen molar-refractivity contribution in [1.82, 2.24) is 9.80 Å². The van der Waals surface area contributed by atoms with Gasteiger partial charge in [0.15, 0.2) is 0 Å². The van der Waals surface area contributed by atoms with Gasteiger partial charge < -0.3 is 9.64 Å². The molecule has 2 unspecified atom stereocenters. The summed E-state index contributed by atoms with van der Waals surface area (Å²) >= 11 is 0. The van der Waals surface area contributed by atoms with E-state index in [1.54, 1.807) is 0 Å². The number of piperazine rings is 1. The molecule has 0 amide bonds. The summed E-state index contributed by atoms with van der Waals surface area (Å²) in [5, 5.41) is 0. The van der Waals surface area contributed by atoms with Gasteiger partial charge in [-0.05, 0) is 38.6 Å². The van der Waals surface area contributed by atoms with Gasteiger partial charge in [-0.1, -0.05) is 0 Å². The average molecular weight is 226 g/mol. The summed E-state index contributed by atoms with van der Waals surface area (Å²) in [6.07, 6.45) is 5.51. The fourth-order valence-corrected chi connectivity index (χ4v) is 3.11. The first kappa shape index (κ1) is 12.3. The minimum atomic E-state index is 0.871. The van der Waals surface area contributed by atoms with Crippen LogP contribution < -0.4 is 0 Å². The molecule has 2 fully saturated rings. The molecule has 1 saturated carbocycles. The van der Waals surface area contributed by atoms with Crippen LogP contribution in [0, 0.1) is 5.92 Å². The number of methoxy groups -OCH3 is 1. The molecule has 1 heterocycles. The SMILES string of the molecule is COCCC1CCC(N2CCN(C)CC2)C1. The number of likely N-dealkylation sites (N-methyl/N-ethyl adjacent to an activating group) is 1. The van der Waals surface area contributed by atoms with E-state index in [9.17, 15) is 0 Å². The van der Waals surface area contributed by atoms with Crippen LogP contribution in [0.3, 0.4) is 0 Å². The second-order valence-corrected chi connectivity index (χ2v) is 5.45. The smallest absolute Gasteiger partial charge is 0.0464 e. The molecule has 0 aromatic heterocycles. The lowest BCUT2D eigenvalue weighted by molar-refractivity contribution is 0.110. The molecule has 94 valence electrons. The van der Waals surface area contributed by atoms with Crippen LogP contribution in [0.4, 0.5) is 0 Å². The molecule has 2 rings (SSSR count). The highest BCUT2D eigenvalue weighted by molar-refractivity contribution is 4.85. The molecule has 0 radical (unpaired) electrons. The molecule has 0 bridgehead atoms. The predicted molar refractivity (Wildman–Crippen MR) is 66.7 cm³/mol. The van der Waals surface area contributed by atoms with Gasteiger partial charge in [0.05, 0.1) is 0 Å². The van der Waals surface area contributed by atoms with Crippen molar-refractivity contribution in [3.63, 3.8) is 0 Å². The number of hydrogen-bond donors (Lipinski definition) is 0. The fraction of sp³-hybridized carbons (Fsp3) is 1.00. The van der Waals surface area contributed by atoms with Gasteiger partial charge in [0.25, 0.3) is 0 Å². The Morgan fingerprint density at radius 3 is 2.56 bits per heavy atom. The van der Waals surface area contributed by atoms with E-state index in [0.29, 0.717) is 0 Å². The maximum atomic E-state index is 5.18. The summed E-state index contributed by atoms with van der Waals surface area (Å²) in [6, 6.07) is 0.871. The second kappa shape index (κ2) is 5.99. The summed E-state index contributed by atoms with van der Waals surface area (Å²) in [5.41, 5.74) is 0. The van der Waals surface area contributed by atoms with Crippen molar-refractivity contribution in [1.29, 1.82) is 0 Å². The Bertz CT molecular complexity index is 202. The van der Waals surface area contributed by atoms with Crippen molar-refractivity contribution in [3.05, 3.63) is 0 Å². The lowest BCUT2D eigenvalue weighted by Crippen LogP contribution is -2.48. The zero-order chi connectivity index (χ0) is 11.4. The van der Waals surface area contributed by atoms with E-state index in [4.69, 9.17) is 4.74 Å². The monoisotopic (exact) mass is 226 g/mol. The van der Waals surface area contributed by atoms with Crippen LogP contribution in [0.25, 0.3) is 0 Å². The normalized spacial score (nSPS) is 33.4. The van der Waals surface area contributed by atoms with Gasteiger partial charge in [0.2, 0.25) is 0 Å². The highest BCUT2D eigenvalue weighted by Gasteiger charge is 2.30. The lowest BCUT2D eigenvalue weighted by Gasteiger charge is -2.36. The van der Waals surface area contributed by atoms with Gasteiger partial charge in [-0.15, -0.1) is 0 Å².